The molecule has 0 radical (unpaired) electrons. The summed E-state index contributed by atoms with van der Waals surface area (Å²) in [7, 11) is 0. The fraction of sp³-hybridized carbons (Fsp3) is 0. The summed E-state index contributed by atoms with van der Waals surface area (Å²) >= 11 is -4.74. The fourth-order valence-corrected chi connectivity index (χ4v) is 16.2. The number of nitrogens with zero attached hydrogens (tertiary/aromatic N) is 3. The monoisotopic (exact) mass is 745 g/mol. The molecule has 5 aliphatic heterocycles. The number of allylic oxidation sites excluding steroid dienone is 10. The summed E-state index contributed by atoms with van der Waals surface area (Å²) in [4.78, 5) is 10.7. The average molecular weight is 743 g/mol. The summed E-state index contributed by atoms with van der Waals surface area (Å²) < 4.78 is 18.6. The Bertz CT molecular complexity index is 2440. The summed E-state index contributed by atoms with van der Waals surface area (Å²) in [6.07, 6.45) is 12.8. The maximum absolute atomic E-state index is 14.3. The van der Waals surface area contributed by atoms with E-state index in [-0.39, 0.29) is 0 Å². The number of fused-ring (bicyclic) bond motifs is 2. The van der Waals surface area contributed by atoms with Crippen LogP contribution in [0, 0.1) is 0 Å². The summed E-state index contributed by atoms with van der Waals surface area (Å²) in [5, 5.41) is 1.91. The molecule has 0 atom stereocenters. The summed E-state index contributed by atoms with van der Waals surface area (Å²) in [5.41, 5.74) is 11.6. The van der Waals surface area contributed by atoms with Crippen LogP contribution in [0.5, 0.6) is 0 Å². The Morgan fingerprint density at radius 3 is 1.12 bits per heavy atom. The van der Waals surface area contributed by atoms with E-state index in [9.17, 15) is 3.47 Å². The number of benzene rings is 4. The van der Waals surface area contributed by atoms with E-state index in [2.05, 4.69) is 148 Å². The van der Waals surface area contributed by atoms with Crippen LogP contribution in [0.15, 0.2) is 199 Å². The average Bonchev–Trinajstić information content (AvgIpc) is 3.97. The van der Waals surface area contributed by atoms with E-state index in [1.54, 1.807) is 0 Å². The molecule has 5 heteroatoms. The van der Waals surface area contributed by atoms with Gasteiger partial charge >= 0.3 is 290 Å². The predicted octanol–water partition coefficient (Wildman–Crippen LogP) is 6.98. The van der Waals surface area contributed by atoms with Crippen molar-refractivity contribution < 1.29 is 3.47 Å². The van der Waals surface area contributed by atoms with Crippen molar-refractivity contribution in [1.29, 1.82) is 0 Å². The van der Waals surface area contributed by atoms with Gasteiger partial charge in [0.05, 0.1) is 0 Å². The molecule has 0 aliphatic carbocycles. The third kappa shape index (κ3) is 4.20. The van der Waals surface area contributed by atoms with Crippen LogP contribution >= 0.6 is 0 Å². The van der Waals surface area contributed by atoms with Crippen LogP contribution in [0.4, 0.5) is 0 Å². The molecule has 49 heavy (non-hydrogen) atoms. The van der Waals surface area contributed by atoms with Crippen molar-refractivity contribution in [2.75, 3.05) is 0 Å². The fourth-order valence-electron chi connectivity index (χ4n) is 7.57. The van der Waals surface area contributed by atoms with E-state index < -0.39 is 18.9 Å². The third-order valence-electron chi connectivity index (χ3n) is 9.66. The van der Waals surface area contributed by atoms with E-state index in [1.165, 1.54) is 0 Å². The first-order valence-electron chi connectivity index (χ1n) is 16.4. The number of hydrogen-bond acceptors (Lipinski definition) is 3. The molecule has 1 N–H and O–H groups in total. The second-order valence-corrected chi connectivity index (χ2v) is 19.1. The van der Waals surface area contributed by atoms with Crippen molar-refractivity contribution in [3.8, 4) is 0 Å². The third-order valence-corrected chi connectivity index (χ3v) is 17.7. The van der Waals surface area contributed by atoms with Crippen LogP contribution in [0.2, 0.25) is 0 Å². The first-order chi connectivity index (χ1) is 24.2. The van der Waals surface area contributed by atoms with Gasteiger partial charge in [0.25, 0.3) is 0 Å². The van der Waals surface area contributed by atoms with Gasteiger partial charge in [-0.3, -0.25) is 0 Å². The molecule has 4 nitrogen and oxygen atoms in total. The second-order valence-electron chi connectivity index (χ2n) is 12.4. The molecule has 6 heterocycles. The van der Waals surface area contributed by atoms with E-state index in [4.69, 9.17) is 9.98 Å². The van der Waals surface area contributed by atoms with Crippen LogP contribution in [0.3, 0.4) is 0 Å². The Kier molecular flexibility index (Phi) is 6.38. The van der Waals surface area contributed by atoms with Gasteiger partial charge in [0.1, 0.15) is 0 Å². The molecule has 1 aromatic heterocycles. The van der Waals surface area contributed by atoms with Gasteiger partial charge in [-0.15, -0.1) is 0 Å². The van der Waals surface area contributed by atoms with Gasteiger partial charge < -0.3 is 0 Å². The van der Waals surface area contributed by atoms with E-state index in [1.807, 2.05) is 24.3 Å². The Hall–Kier alpha value is -5.57. The minimum absolute atomic E-state index is 0.865. The van der Waals surface area contributed by atoms with E-state index >= 15 is 0 Å². The van der Waals surface area contributed by atoms with Crippen molar-refractivity contribution >= 4 is 52.6 Å². The van der Waals surface area contributed by atoms with Gasteiger partial charge in [0.15, 0.2) is 0 Å². The molecule has 4 bridgehead atoms. The van der Waals surface area contributed by atoms with Crippen LogP contribution in [-0.2, 0) is 0 Å². The zero-order valence-electron chi connectivity index (χ0n) is 26.4. The van der Waals surface area contributed by atoms with Crippen LogP contribution in [0.25, 0.3) is 22.3 Å². The number of hydrogen-bond donors (Lipinski definition) is 1. The normalized spacial score (nSPS) is 21.4. The second kappa shape index (κ2) is 11.0. The Balaban J connectivity index is 1.45. The predicted molar refractivity (Wildman–Crippen MR) is 201 cm³/mol. The maximum atomic E-state index is 14.3. The first-order valence-corrected chi connectivity index (χ1v) is 20.8. The van der Waals surface area contributed by atoms with Crippen LogP contribution < -0.4 is 10.7 Å². The Morgan fingerprint density at radius 2 is 0.755 bits per heavy atom. The quantitative estimate of drug-likeness (QED) is 0.199. The van der Waals surface area contributed by atoms with Crippen LogP contribution in [0.1, 0.15) is 22.3 Å². The molecule has 4 aromatic carbocycles. The molecule has 5 aliphatic rings. The summed E-state index contributed by atoms with van der Waals surface area (Å²) in [6, 6.07) is 46.2. The van der Waals surface area contributed by atoms with Gasteiger partial charge in [-0.25, -0.2) is 0 Å². The standard InChI is InChI=1S/C44H29N3OTe/c48-49-39-27-28-40(49)44(32-19-11-4-12-20-32)36-24-22-34(46-36)42(30-15-7-2-8-16-30)38-26-25-37(47(38)49)41(29-13-5-1-6-14-29)33-21-23-35(45-33)43(39)31-17-9-3-10-18-31/h1-28,48H. The van der Waals surface area contributed by atoms with Gasteiger partial charge in [-0.1, -0.05) is 0 Å². The van der Waals surface area contributed by atoms with Crippen molar-refractivity contribution in [3.05, 3.63) is 222 Å². The molecule has 232 valence electrons. The summed E-state index contributed by atoms with van der Waals surface area (Å²) in [5.74, 6) is 0. The molecule has 0 unspecified atom stereocenters. The Morgan fingerprint density at radius 1 is 0.408 bits per heavy atom. The number of aromatic nitrogens is 1. The van der Waals surface area contributed by atoms with Crippen molar-refractivity contribution in [2.45, 2.75) is 0 Å². The topological polar surface area (TPSA) is 49.9 Å². The Labute approximate surface area is 288 Å². The molecule has 0 saturated heterocycles. The molecule has 0 amide bonds. The van der Waals surface area contributed by atoms with Crippen molar-refractivity contribution in [3.63, 3.8) is 0 Å². The zero-order chi connectivity index (χ0) is 32.5. The minimum atomic E-state index is -4.74. The molecular formula is C44H29N3OTe. The molecule has 0 saturated carbocycles. The van der Waals surface area contributed by atoms with Crippen molar-refractivity contribution in [2.24, 2.45) is 9.98 Å². The molecule has 5 aromatic rings. The summed E-state index contributed by atoms with van der Waals surface area (Å²) in [6.45, 7) is 0. The van der Waals surface area contributed by atoms with Gasteiger partial charge in [0, 0.05) is 0 Å². The molecule has 0 fully saturated rings. The zero-order valence-corrected chi connectivity index (χ0v) is 28.7. The van der Waals surface area contributed by atoms with Crippen molar-refractivity contribution in [1.82, 2.24) is 2.82 Å². The van der Waals surface area contributed by atoms with Gasteiger partial charge in [0.2, 0.25) is 0 Å². The first kappa shape index (κ1) is 28.4. The number of aliphatic imine (C=N–C) groups is 2. The van der Waals surface area contributed by atoms with E-state index in [0.29, 0.717) is 0 Å². The van der Waals surface area contributed by atoms with Gasteiger partial charge in [-0.05, 0) is 0 Å². The molecule has 10 rings (SSSR count). The molecular weight excluding hydrogens is 714 g/mol. The van der Waals surface area contributed by atoms with E-state index in [0.717, 1.165) is 85.3 Å². The number of rotatable bonds is 4. The molecule has 0 spiro atoms. The van der Waals surface area contributed by atoms with Crippen LogP contribution in [-0.4, -0.2) is 36.6 Å². The SMILES string of the molecule is O[Te]12C3=CC=C1C(c1ccccc1)=C1C=CC(=N1)C(c1ccccc1)=c1ccc(n12)=C(c1ccccc1)C1=NC(=C3c2ccccc2)C=C1. The van der Waals surface area contributed by atoms with Gasteiger partial charge in [-0.2, -0.15) is 0 Å².